The largest absolute Gasteiger partial charge is 0.493 e. The van der Waals surface area contributed by atoms with Crippen molar-refractivity contribution in [2.45, 2.75) is 0 Å². The molecule has 0 saturated heterocycles. The summed E-state index contributed by atoms with van der Waals surface area (Å²) in [5, 5.41) is -0.0665. The Hall–Kier alpha value is -1.86. The van der Waals surface area contributed by atoms with Crippen LogP contribution in [-0.4, -0.2) is 29.1 Å². The molecule has 0 unspecified atom stereocenters. The smallest absolute Gasteiger partial charge is 0.244 e. The monoisotopic (exact) mass is 335 g/mol. The van der Waals surface area contributed by atoms with Crippen LogP contribution in [-0.2, 0) is 4.79 Å². The molecule has 2 aliphatic heterocycles. The van der Waals surface area contributed by atoms with Crippen molar-refractivity contribution in [1.29, 1.82) is 0 Å². The van der Waals surface area contributed by atoms with Crippen molar-refractivity contribution >= 4 is 39.1 Å². The number of ether oxygens (including phenoxy) is 3. The quantitative estimate of drug-likeness (QED) is 0.621. The molecule has 7 heteroatoms. The second kappa shape index (κ2) is 6.50. The fourth-order valence-electron chi connectivity index (χ4n) is 1.97. The molecule has 22 heavy (non-hydrogen) atoms. The zero-order valence-corrected chi connectivity index (χ0v) is 13.5. The van der Waals surface area contributed by atoms with Gasteiger partial charge >= 0.3 is 0 Å². The van der Waals surface area contributed by atoms with Gasteiger partial charge in [-0.25, -0.2) is 4.99 Å². The van der Waals surface area contributed by atoms with Gasteiger partial charge in [-0.2, -0.15) is 0 Å². The Bertz CT molecular complexity index is 697. The van der Waals surface area contributed by atoms with E-state index in [1.54, 1.807) is 31.4 Å². The van der Waals surface area contributed by atoms with E-state index in [0.717, 1.165) is 27.5 Å². The van der Waals surface area contributed by atoms with E-state index < -0.39 is 0 Å². The highest BCUT2D eigenvalue weighted by molar-refractivity contribution is 8.45. The maximum atomic E-state index is 12.0. The Balaban J connectivity index is 1.90. The summed E-state index contributed by atoms with van der Waals surface area (Å²) in [6, 6.07) is 3.60. The zero-order valence-electron chi connectivity index (χ0n) is 11.8. The fraction of sp³-hybridized carbons (Fsp3) is 0.200. The number of benzene rings is 1. The first-order chi connectivity index (χ1) is 10.7. The van der Waals surface area contributed by atoms with E-state index in [-0.39, 0.29) is 11.9 Å². The predicted molar refractivity (Wildman–Crippen MR) is 89.8 cm³/mol. The highest BCUT2D eigenvalue weighted by atomic mass is 32.2. The Morgan fingerprint density at radius 3 is 3.14 bits per heavy atom. The van der Waals surface area contributed by atoms with Gasteiger partial charge < -0.3 is 14.2 Å². The first-order valence-electron chi connectivity index (χ1n) is 6.45. The van der Waals surface area contributed by atoms with E-state index in [0.29, 0.717) is 22.9 Å². The summed E-state index contributed by atoms with van der Waals surface area (Å²) < 4.78 is 16.8. The molecule has 0 bridgehead atoms. The number of hydrogen-bond acceptors (Lipinski definition) is 7. The average Bonchev–Trinajstić information content (AvgIpc) is 3.11. The molecule has 0 amide bonds. The molecule has 1 aromatic carbocycles. The summed E-state index contributed by atoms with van der Waals surface area (Å²) in [4.78, 5) is 16.3. The molecule has 0 atom stereocenters. The van der Waals surface area contributed by atoms with Crippen LogP contribution in [0.25, 0.3) is 6.08 Å². The van der Waals surface area contributed by atoms with Crippen molar-refractivity contribution in [3.8, 4) is 17.2 Å². The SMILES string of the molecule is C=CCSC1=N/C(=C\c2cc(OC)c3c(c2)OCO3)C(=O)S1. The lowest BCUT2D eigenvalue weighted by Crippen LogP contribution is -1.93. The molecule has 0 radical (unpaired) electrons. The topological polar surface area (TPSA) is 57.1 Å². The molecule has 1 aromatic rings. The third-order valence-electron chi connectivity index (χ3n) is 2.91. The van der Waals surface area contributed by atoms with Crippen LogP contribution in [0.2, 0.25) is 0 Å². The minimum atomic E-state index is -0.0665. The Kier molecular flexibility index (Phi) is 4.44. The Morgan fingerprint density at radius 2 is 2.36 bits per heavy atom. The maximum Gasteiger partial charge on any atom is 0.244 e. The molecule has 2 heterocycles. The molecule has 5 nitrogen and oxygen atoms in total. The van der Waals surface area contributed by atoms with E-state index in [1.807, 2.05) is 0 Å². The van der Waals surface area contributed by atoms with Crippen LogP contribution in [0.4, 0.5) is 0 Å². The Morgan fingerprint density at radius 1 is 1.50 bits per heavy atom. The van der Waals surface area contributed by atoms with Gasteiger partial charge in [-0.1, -0.05) is 17.8 Å². The van der Waals surface area contributed by atoms with Gasteiger partial charge in [0.15, 0.2) is 11.5 Å². The van der Waals surface area contributed by atoms with E-state index >= 15 is 0 Å². The Labute approximate surface area is 136 Å². The van der Waals surface area contributed by atoms with Crippen molar-refractivity contribution in [3.05, 3.63) is 36.0 Å². The first-order valence-corrected chi connectivity index (χ1v) is 8.25. The summed E-state index contributed by atoms with van der Waals surface area (Å²) in [6.45, 7) is 3.82. The standard InChI is InChI=1S/C15H13NO4S2/c1-3-4-21-15-16-10(14(17)22-15)5-9-6-11(18-2)13-12(7-9)19-8-20-13/h3,5-7H,1,4,8H2,2H3/b10-5-. The van der Waals surface area contributed by atoms with Gasteiger partial charge in [0.05, 0.1) is 7.11 Å². The second-order valence-electron chi connectivity index (χ2n) is 4.35. The third-order valence-corrected chi connectivity index (χ3v) is 4.91. The van der Waals surface area contributed by atoms with E-state index in [2.05, 4.69) is 11.6 Å². The van der Waals surface area contributed by atoms with E-state index in [4.69, 9.17) is 14.2 Å². The summed E-state index contributed by atoms with van der Waals surface area (Å²) in [5.41, 5.74) is 1.20. The zero-order chi connectivity index (χ0) is 15.5. The second-order valence-corrected chi connectivity index (χ2v) is 6.58. The maximum absolute atomic E-state index is 12.0. The minimum absolute atomic E-state index is 0.0665. The highest BCUT2D eigenvalue weighted by Gasteiger charge is 2.24. The van der Waals surface area contributed by atoms with Crippen LogP contribution >= 0.6 is 23.5 Å². The van der Waals surface area contributed by atoms with E-state index in [1.165, 1.54) is 11.8 Å². The third kappa shape index (κ3) is 3.00. The van der Waals surface area contributed by atoms with Gasteiger partial charge in [0.2, 0.25) is 17.7 Å². The molecule has 0 aliphatic carbocycles. The lowest BCUT2D eigenvalue weighted by molar-refractivity contribution is -0.107. The molecule has 0 aromatic heterocycles. The van der Waals surface area contributed by atoms with Crippen LogP contribution in [0.5, 0.6) is 17.2 Å². The molecular weight excluding hydrogens is 322 g/mol. The number of carbonyl (C=O) groups is 1. The minimum Gasteiger partial charge on any atom is -0.493 e. The normalized spacial score (nSPS) is 17.8. The van der Waals surface area contributed by atoms with Crippen molar-refractivity contribution in [2.24, 2.45) is 4.99 Å². The number of hydrogen-bond donors (Lipinski definition) is 0. The van der Waals surface area contributed by atoms with Crippen molar-refractivity contribution in [1.82, 2.24) is 0 Å². The number of carbonyl (C=O) groups excluding carboxylic acids is 1. The molecule has 0 fully saturated rings. The summed E-state index contributed by atoms with van der Waals surface area (Å²) >= 11 is 2.63. The van der Waals surface area contributed by atoms with Crippen molar-refractivity contribution in [2.75, 3.05) is 19.7 Å². The van der Waals surface area contributed by atoms with Crippen LogP contribution in [0.15, 0.2) is 35.5 Å². The average molecular weight is 335 g/mol. The van der Waals surface area contributed by atoms with Crippen molar-refractivity contribution in [3.63, 3.8) is 0 Å². The molecule has 2 aliphatic rings. The molecule has 0 spiro atoms. The molecule has 3 rings (SSSR count). The number of aliphatic imine (C=N–C) groups is 1. The lowest BCUT2D eigenvalue weighted by atomic mass is 10.1. The van der Waals surface area contributed by atoms with Gasteiger partial charge in [0, 0.05) is 5.75 Å². The molecule has 0 saturated carbocycles. The van der Waals surface area contributed by atoms with Gasteiger partial charge in [-0.05, 0) is 35.5 Å². The van der Waals surface area contributed by atoms with E-state index in [9.17, 15) is 4.79 Å². The van der Waals surface area contributed by atoms with Gasteiger partial charge in [0.25, 0.3) is 0 Å². The van der Waals surface area contributed by atoms with Crippen LogP contribution in [0, 0.1) is 0 Å². The number of thioether (sulfide) groups is 2. The number of fused-ring (bicyclic) bond motifs is 1. The molecular formula is C15H13NO4S2. The summed E-state index contributed by atoms with van der Waals surface area (Å²) in [5.74, 6) is 2.49. The summed E-state index contributed by atoms with van der Waals surface area (Å²) in [6.07, 6.45) is 3.50. The predicted octanol–water partition coefficient (Wildman–Crippen LogP) is 3.31. The molecule has 114 valence electrons. The molecule has 0 N–H and O–H groups in total. The number of methoxy groups -OCH3 is 1. The van der Waals surface area contributed by atoms with Gasteiger partial charge in [-0.15, -0.1) is 6.58 Å². The number of nitrogens with zero attached hydrogens (tertiary/aromatic N) is 1. The van der Waals surface area contributed by atoms with Gasteiger partial charge in [0.1, 0.15) is 10.1 Å². The number of rotatable bonds is 4. The fourth-order valence-corrected chi connectivity index (χ4v) is 3.57. The van der Waals surface area contributed by atoms with Crippen LogP contribution in [0.1, 0.15) is 5.56 Å². The van der Waals surface area contributed by atoms with Crippen molar-refractivity contribution < 1.29 is 19.0 Å². The lowest BCUT2D eigenvalue weighted by Gasteiger charge is -2.05. The van der Waals surface area contributed by atoms with Crippen LogP contribution < -0.4 is 14.2 Å². The highest BCUT2D eigenvalue weighted by Crippen LogP contribution is 2.42. The first kappa shape index (κ1) is 15.1. The van der Waals surface area contributed by atoms with Crippen LogP contribution in [0.3, 0.4) is 0 Å². The van der Waals surface area contributed by atoms with Gasteiger partial charge in [-0.3, -0.25) is 4.79 Å². The summed E-state index contributed by atoms with van der Waals surface area (Å²) in [7, 11) is 1.56.